The van der Waals surface area contributed by atoms with Crippen molar-refractivity contribution in [2.45, 2.75) is 13.0 Å². The topological polar surface area (TPSA) is 52.9 Å². The van der Waals surface area contributed by atoms with Gasteiger partial charge in [0.05, 0.1) is 16.7 Å². The zero-order chi connectivity index (χ0) is 12.3. The summed E-state index contributed by atoms with van der Waals surface area (Å²) in [5, 5.41) is 10.2. The van der Waals surface area contributed by atoms with Gasteiger partial charge in [-0.15, -0.1) is 0 Å². The predicted octanol–water partition coefficient (Wildman–Crippen LogP) is 2.26. The van der Waals surface area contributed by atoms with E-state index in [9.17, 15) is 13.6 Å². The Hall–Kier alpha value is -1.67. The van der Waals surface area contributed by atoms with Crippen LogP contribution in [0.2, 0.25) is 5.02 Å². The van der Waals surface area contributed by atoms with Crippen molar-refractivity contribution >= 4 is 17.5 Å². The summed E-state index contributed by atoms with van der Waals surface area (Å²) in [5.74, 6) is -2.69. The van der Waals surface area contributed by atoms with Crippen LogP contribution in [-0.2, 0) is 0 Å². The van der Waals surface area contributed by atoms with Gasteiger partial charge >= 0.3 is 0 Å². The van der Waals surface area contributed by atoms with Crippen LogP contribution in [0.1, 0.15) is 17.3 Å². The molecule has 0 spiro atoms. The summed E-state index contributed by atoms with van der Waals surface area (Å²) in [7, 11) is 0. The molecule has 1 rings (SSSR count). The molecule has 1 aromatic carbocycles. The Bertz CT molecular complexity index is 471. The van der Waals surface area contributed by atoms with E-state index in [4.69, 9.17) is 16.9 Å². The number of nitrogens with one attached hydrogen (secondary N) is 1. The second kappa shape index (κ2) is 4.90. The Morgan fingerprint density at radius 1 is 1.50 bits per heavy atom. The fourth-order valence-electron chi connectivity index (χ4n) is 1.00. The summed E-state index contributed by atoms with van der Waals surface area (Å²) < 4.78 is 26.2. The standard InChI is InChI=1S/C10H7ClF2N2O/c1-5(4-14)15-10(16)6-2-9(13)7(11)3-8(6)12/h2-3,5H,1H3,(H,15,16). The average Bonchev–Trinajstić information content (AvgIpc) is 2.23. The van der Waals surface area contributed by atoms with Crippen molar-refractivity contribution in [2.75, 3.05) is 0 Å². The first-order valence-corrected chi connectivity index (χ1v) is 4.68. The largest absolute Gasteiger partial charge is 0.336 e. The van der Waals surface area contributed by atoms with Crippen molar-refractivity contribution < 1.29 is 13.6 Å². The van der Waals surface area contributed by atoms with Gasteiger partial charge in [0.2, 0.25) is 0 Å². The molecule has 0 aromatic heterocycles. The molecule has 1 atom stereocenters. The minimum Gasteiger partial charge on any atom is -0.336 e. The van der Waals surface area contributed by atoms with Crippen LogP contribution in [0.25, 0.3) is 0 Å². The van der Waals surface area contributed by atoms with E-state index in [1.807, 2.05) is 0 Å². The minimum atomic E-state index is -0.936. The number of nitrogens with zero attached hydrogens (tertiary/aromatic N) is 1. The van der Waals surface area contributed by atoms with E-state index in [2.05, 4.69) is 5.32 Å². The summed E-state index contributed by atoms with van der Waals surface area (Å²) >= 11 is 5.32. The Balaban J connectivity index is 3.01. The predicted molar refractivity (Wildman–Crippen MR) is 53.9 cm³/mol. The highest BCUT2D eigenvalue weighted by Crippen LogP contribution is 2.19. The fourth-order valence-corrected chi connectivity index (χ4v) is 1.15. The van der Waals surface area contributed by atoms with Gasteiger partial charge < -0.3 is 5.32 Å². The van der Waals surface area contributed by atoms with Crippen molar-refractivity contribution in [3.8, 4) is 6.07 Å². The van der Waals surface area contributed by atoms with Gasteiger partial charge in [-0.2, -0.15) is 5.26 Å². The van der Waals surface area contributed by atoms with Gasteiger partial charge in [-0.05, 0) is 19.1 Å². The number of nitriles is 1. The lowest BCUT2D eigenvalue weighted by Gasteiger charge is -2.07. The quantitative estimate of drug-likeness (QED) is 0.812. The third kappa shape index (κ3) is 2.67. The van der Waals surface area contributed by atoms with Crippen LogP contribution in [0.15, 0.2) is 12.1 Å². The highest BCUT2D eigenvalue weighted by Gasteiger charge is 2.16. The number of rotatable bonds is 2. The third-order valence-electron chi connectivity index (χ3n) is 1.80. The summed E-state index contributed by atoms with van der Waals surface area (Å²) in [4.78, 5) is 11.4. The molecule has 0 radical (unpaired) electrons. The number of halogens is 3. The molecule has 3 nitrogen and oxygen atoms in total. The van der Waals surface area contributed by atoms with Gasteiger partial charge in [-0.3, -0.25) is 4.79 Å². The summed E-state index contributed by atoms with van der Waals surface area (Å²) in [6.07, 6.45) is 0. The van der Waals surface area contributed by atoms with Crippen molar-refractivity contribution in [3.05, 3.63) is 34.4 Å². The SMILES string of the molecule is CC(C#N)NC(=O)c1cc(F)c(Cl)cc1F. The summed E-state index contributed by atoms with van der Waals surface area (Å²) in [6.45, 7) is 1.42. The zero-order valence-corrected chi connectivity index (χ0v) is 8.98. The zero-order valence-electron chi connectivity index (χ0n) is 8.22. The van der Waals surface area contributed by atoms with Gasteiger partial charge in [0.1, 0.15) is 17.7 Å². The molecule has 0 saturated carbocycles. The fraction of sp³-hybridized carbons (Fsp3) is 0.200. The molecule has 0 bridgehead atoms. The van der Waals surface area contributed by atoms with Crippen LogP contribution in [0, 0.1) is 23.0 Å². The molecule has 16 heavy (non-hydrogen) atoms. The Kier molecular flexibility index (Phi) is 3.80. The second-order valence-electron chi connectivity index (χ2n) is 3.07. The molecule has 84 valence electrons. The number of carbonyl (C=O) groups excluding carboxylic acids is 1. The third-order valence-corrected chi connectivity index (χ3v) is 2.09. The average molecular weight is 245 g/mol. The lowest BCUT2D eigenvalue weighted by molar-refractivity contribution is 0.0943. The normalized spacial score (nSPS) is 11.7. The van der Waals surface area contributed by atoms with Crippen molar-refractivity contribution in [2.24, 2.45) is 0 Å². The minimum absolute atomic E-state index is 0.401. The smallest absolute Gasteiger partial charge is 0.255 e. The van der Waals surface area contributed by atoms with Gasteiger partial charge in [0.15, 0.2) is 0 Å². The van der Waals surface area contributed by atoms with Crippen LogP contribution < -0.4 is 5.32 Å². The first-order valence-electron chi connectivity index (χ1n) is 4.30. The van der Waals surface area contributed by atoms with E-state index in [0.717, 1.165) is 0 Å². The molecule has 1 aromatic rings. The van der Waals surface area contributed by atoms with Crippen molar-refractivity contribution in [1.82, 2.24) is 5.32 Å². The number of hydrogen-bond acceptors (Lipinski definition) is 2. The maximum atomic E-state index is 13.2. The van der Waals surface area contributed by atoms with E-state index in [1.54, 1.807) is 6.07 Å². The molecule has 0 fully saturated rings. The van der Waals surface area contributed by atoms with Gasteiger partial charge in [0.25, 0.3) is 5.91 Å². The van der Waals surface area contributed by atoms with Gasteiger partial charge in [0, 0.05) is 0 Å². The highest BCUT2D eigenvalue weighted by atomic mass is 35.5. The van der Waals surface area contributed by atoms with Crippen LogP contribution in [0.4, 0.5) is 8.78 Å². The Morgan fingerprint density at radius 2 is 2.12 bits per heavy atom. The molecule has 0 saturated heterocycles. The number of benzene rings is 1. The highest BCUT2D eigenvalue weighted by molar-refractivity contribution is 6.30. The molecular weight excluding hydrogens is 238 g/mol. The van der Waals surface area contributed by atoms with E-state index in [1.165, 1.54) is 6.92 Å². The van der Waals surface area contributed by atoms with E-state index >= 15 is 0 Å². The Morgan fingerprint density at radius 3 is 2.69 bits per heavy atom. The first kappa shape index (κ1) is 12.4. The molecular formula is C10H7ClF2N2O. The van der Waals surface area contributed by atoms with Crippen molar-refractivity contribution in [3.63, 3.8) is 0 Å². The molecule has 0 heterocycles. The van der Waals surface area contributed by atoms with E-state index in [-0.39, 0.29) is 0 Å². The number of carbonyl (C=O) groups is 1. The molecule has 1 unspecified atom stereocenters. The second-order valence-corrected chi connectivity index (χ2v) is 3.48. The first-order chi connectivity index (χ1) is 7.45. The number of amides is 1. The molecule has 1 N–H and O–H groups in total. The molecule has 6 heteroatoms. The van der Waals surface area contributed by atoms with E-state index in [0.29, 0.717) is 12.1 Å². The maximum absolute atomic E-state index is 13.2. The van der Waals surface area contributed by atoms with Crippen LogP contribution in [-0.4, -0.2) is 11.9 Å². The summed E-state index contributed by atoms with van der Waals surface area (Å²) in [5.41, 5.74) is -0.482. The van der Waals surface area contributed by atoms with Gasteiger partial charge in [-0.1, -0.05) is 11.6 Å². The Labute approximate surface area is 95.6 Å². The summed E-state index contributed by atoms with van der Waals surface area (Å²) in [6, 6.07) is 2.35. The molecule has 0 aliphatic carbocycles. The van der Waals surface area contributed by atoms with Crippen LogP contribution >= 0.6 is 11.6 Å². The maximum Gasteiger partial charge on any atom is 0.255 e. The van der Waals surface area contributed by atoms with Gasteiger partial charge in [-0.25, -0.2) is 8.78 Å². The molecule has 1 amide bonds. The van der Waals surface area contributed by atoms with Crippen LogP contribution in [0.3, 0.4) is 0 Å². The lowest BCUT2D eigenvalue weighted by atomic mass is 10.2. The number of hydrogen-bond donors (Lipinski definition) is 1. The molecule has 0 aliphatic heterocycles. The van der Waals surface area contributed by atoms with Crippen LogP contribution in [0.5, 0.6) is 0 Å². The monoisotopic (exact) mass is 244 g/mol. The van der Waals surface area contributed by atoms with Crippen molar-refractivity contribution in [1.29, 1.82) is 5.26 Å². The lowest BCUT2D eigenvalue weighted by Crippen LogP contribution is -2.32. The molecule has 0 aliphatic rings. The van der Waals surface area contributed by atoms with E-state index < -0.39 is 34.2 Å².